The predicted molar refractivity (Wildman–Crippen MR) is 107 cm³/mol. The summed E-state index contributed by atoms with van der Waals surface area (Å²) in [4.78, 5) is 23.9. The van der Waals surface area contributed by atoms with Gasteiger partial charge in [0.15, 0.2) is 11.5 Å². The fraction of sp³-hybridized carbons (Fsp3) is 0.211. The van der Waals surface area contributed by atoms with Gasteiger partial charge in [-0.2, -0.15) is 5.10 Å². The molecular weight excluding hydrogens is 414 g/mol. The number of halogens is 1. The second-order valence-electron chi connectivity index (χ2n) is 5.45. The zero-order chi connectivity index (χ0) is 19.8. The fourth-order valence-corrected chi connectivity index (χ4v) is 2.74. The first-order valence-electron chi connectivity index (χ1n) is 8.33. The Kier molecular flexibility index (Phi) is 7.36. The van der Waals surface area contributed by atoms with Crippen molar-refractivity contribution in [1.29, 1.82) is 0 Å². The molecule has 142 valence electrons. The predicted octanol–water partition coefficient (Wildman–Crippen LogP) is 3.20. The van der Waals surface area contributed by atoms with E-state index in [0.29, 0.717) is 22.3 Å². The number of hydrogen-bond acceptors (Lipinski definition) is 5. The van der Waals surface area contributed by atoms with Gasteiger partial charge in [0, 0.05) is 5.69 Å². The van der Waals surface area contributed by atoms with E-state index in [4.69, 9.17) is 4.74 Å². The average molecular weight is 434 g/mol. The van der Waals surface area contributed by atoms with Crippen molar-refractivity contribution in [2.24, 2.45) is 5.10 Å². The van der Waals surface area contributed by atoms with Crippen LogP contribution in [-0.4, -0.2) is 29.7 Å². The number of carbonyl (C=O) groups is 2. The second-order valence-corrected chi connectivity index (χ2v) is 6.30. The van der Waals surface area contributed by atoms with E-state index in [1.165, 1.54) is 6.21 Å². The summed E-state index contributed by atoms with van der Waals surface area (Å²) < 4.78 is 5.74. The Labute approximate surface area is 165 Å². The zero-order valence-electron chi connectivity index (χ0n) is 15.0. The summed E-state index contributed by atoms with van der Waals surface area (Å²) in [5.41, 5.74) is 4.26. The number of hydrogen-bond donors (Lipinski definition) is 3. The molecule has 2 aromatic carbocycles. The molecule has 0 saturated carbocycles. The standard InChI is InChI=1S/C19H20BrN3O4/c1-3-13-7-5-6-8-15(13)22-18(25)19(26)23-21-11-12-9-14(20)17(24)16(10-12)27-4-2/h5-11,24H,3-4H2,1-2H3,(H,22,25)(H,23,26)/b21-11-. The molecule has 0 unspecified atom stereocenters. The van der Waals surface area contributed by atoms with Crippen molar-refractivity contribution in [3.8, 4) is 11.5 Å². The quantitative estimate of drug-likeness (QED) is 0.369. The van der Waals surface area contributed by atoms with Crippen molar-refractivity contribution in [3.05, 3.63) is 52.0 Å². The van der Waals surface area contributed by atoms with Crippen molar-refractivity contribution in [1.82, 2.24) is 5.43 Å². The summed E-state index contributed by atoms with van der Waals surface area (Å²) >= 11 is 3.22. The molecule has 0 fully saturated rings. The highest BCUT2D eigenvalue weighted by molar-refractivity contribution is 9.10. The third kappa shape index (κ3) is 5.55. The molecule has 0 radical (unpaired) electrons. The maximum Gasteiger partial charge on any atom is 0.329 e. The Balaban J connectivity index is 2.01. The highest BCUT2D eigenvalue weighted by Crippen LogP contribution is 2.35. The molecule has 0 atom stereocenters. The van der Waals surface area contributed by atoms with Crippen molar-refractivity contribution >= 4 is 39.6 Å². The van der Waals surface area contributed by atoms with E-state index >= 15 is 0 Å². The second kappa shape index (κ2) is 9.72. The molecule has 0 aliphatic rings. The van der Waals surface area contributed by atoms with Crippen LogP contribution >= 0.6 is 15.9 Å². The summed E-state index contributed by atoms with van der Waals surface area (Å²) in [5, 5.41) is 16.2. The van der Waals surface area contributed by atoms with E-state index in [1.807, 2.05) is 19.1 Å². The molecule has 0 saturated heterocycles. The van der Waals surface area contributed by atoms with Gasteiger partial charge in [0.05, 0.1) is 17.3 Å². The number of ether oxygens (including phenoxy) is 1. The molecule has 0 aliphatic heterocycles. The van der Waals surface area contributed by atoms with Crippen LogP contribution in [0.15, 0.2) is 46.0 Å². The van der Waals surface area contributed by atoms with Crippen LogP contribution in [0.25, 0.3) is 0 Å². The number of aryl methyl sites for hydroxylation is 1. The molecule has 0 heterocycles. The number of nitrogens with one attached hydrogen (secondary N) is 2. The molecule has 0 aromatic heterocycles. The molecule has 27 heavy (non-hydrogen) atoms. The third-order valence-corrected chi connectivity index (χ3v) is 4.19. The lowest BCUT2D eigenvalue weighted by Crippen LogP contribution is -2.32. The maximum absolute atomic E-state index is 12.0. The Hall–Kier alpha value is -2.87. The van der Waals surface area contributed by atoms with Crippen LogP contribution in [-0.2, 0) is 16.0 Å². The first-order chi connectivity index (χ1) is 13.0. The summed E-state index contributed by atoms with van der Waals surface area (Å²) in [5.74, 6) is -1.43. The van der Waals surface area contributed by atoms with Crippen molar-refractivity contribution in [2.45, 2.75) is 20.3 Å². The van der Waals surface area contributed by atoms with E-state index < -0.39 is 11.8 Å². The average Bonchev–Trinajstić information content (AvgIpc) is 2.66. The minimum absolute atomic E-state index is 0.0213. The molecule has 3 N–H and O–H groups in total. The van der Waals surface area contributed by atoms with Gasteiger partial charge in [0.2, 0.25) is 0 Å². The number of phenolic OH excluding ortho intramolecular Hbond substituents is 1. The highest BCUT2D eigenvalue weighted by atomic mass is 79.9. The summed E-state index contributed by atoms with van der Waals surface area (Å²) in [6.07, 6.45) is 2.08. The lowest BCUT2D eigenvalue weighted by atomic mass is 10.1. The van der Waals surface area contributed by atoms with Gasteiger partial charge >= 0.3 is 11.8 Å². The summed E-state index contributed by atoms with van der Waals surface area (Å²) in [7, 11) is 0. The number of phenols is 1. The molecular formula is C19H20BrN3O4. The van der Waals surface area contributed by atoms with Crippen LogP contribution < -0.4 is 15.5 Å². The molecule has 2 aromatic rings. The Morgan fingerprint density at radius 1 is 1.22 bits per heavy atom. The van der Waals surface area contributed by atoms with Crippen LogP contribution in [0, 0.1) is 0 Å². The molecule has 0 bridgehead atoms. The van der Waals surface area contributed by atoms with E-state index in [0.717, 1.165) is 12.0 Å². The number of carbonyl (C=O) groups excluding carboxylic acids is 2. The van der Waals surface area contributed by atoms with Crippen molar-refractivity contribution in [3.63, 3.8) is 0 Å². The third-order valence-electron chi connectivity index (χ3n) is 3.58. The van der Waals surface area contributed by atoms with Gasteiger partial charge in [-0.25, -0.2) is 5.43 Å². The van der Waals surface area contributed by atoms with E-state index in [-0.39, 0.29) is 11.5 Å². The van der Waals surface area contributed by atoms with Gasteiger partial charge in [-0.1, -0.05) is 25.1 Å². The van der Waals surface area contributed by atoms with Crippen LogP contribution in [0.1, 0.15) is 25.0 Å². The van der Waals surface area contributed by atoms with Gasteiger partial charge in [-0.05, 0) is 58.6 Å². The van der Waals surface area contributed by atoms with E-state index in [9.17, 15) is 14.7 Å². The minimum Gasteiger partial charge on any atom is -0.503 e. The van der Waals surface area contributed by atoms with Gasteiger partial charge in [-0.15, -0.1) is 0 Å². The number of para-hydroxylation sites is 1. The van der Waals surface area contributed by atoms with Crippen LogP contribution in [0.2, 0.25) is 0 Å². The topological polar surface area (TPSA) is 100 Å². The molecule has 0 spiro atoms. The zero-order valence-corrected chi connectivity index (χ0v) is 16.5. The van der Waals surface area contributed by atoms with E-state index in [1.54, 1.807) is 31.2 Å². The Morgan fingerprint density at radius 3 is 2.67 bits per heavy atom. The van der Waals surface area contributed by atoms with Gasteiger partial charge in [0.25, 0.3) is 0 Å². The maximum atomic E-state index is 12.0. The monoisotopic (exact) mass is 433 g/mol. The van der Waals surface area contributed by atoms with E-state index in [2.05, 4.69) is 31.8 Å². The van der Waals surface area contributed by atoms with Crippen LogP contribution in [0.3, 0.4) is 0 Å². The molecule has 8 heteroatoms. The SMILES string of the molecule is CCOc1cc(/C=N\NC(=O)C(=O)Nc2ccccc2CC)cc(Br)c1O. The summed E-state index contributed by atoms with van der Waals surface area (Å²) in [6, 6.07) is 10.4. The van der Waals surface area contributed by atoms with Gasteiger partial charge in [0.1, 0.15) is 0 Å². The molecule has 2 amide bonds. The Morgan fingerprint density at radius 2 is 1.96 bits per heavy atom. The fourth-order valence-electron chi connectivity index (χ4n) is 2.28. The Bertz CT molecular complexity index is 868. The number of anilines is 1. The van der Waals surface area contributed by atoms with Crippen LogP contribution in [0.5, 0.6) is 11.5 Å². The molecule has 0 aliphatic carbocycles. The van der Waals surface area contributed by atoms with Crippen molar-refractivity contribution in [2.75, 3.05) is 11.9 Å². The first kappa shape index (κ1) is 20.4. The lowest BCUT2D eigenvalue weighted by Gasteiger charge is -2.09. The normalized spacial score (nSPS) is 10.6. The first-order valence-corrected chi connectivity index (χ1v) is 9.13. The number of aromatic hydroxyl groups is 1. The number of nitrogens with zero attached hydrogens (tertiary/aromatic N) is 1. The van der Waals surface area contributed by atoms with Gasteiger partial charge in [-0.3, -0.25) is 9.59 Å². The number of amides is 2. The number of hydrazone groups is 1. The number of benzene rings is 2. The molecule has 7 nitrogen and oxygen atoms in total. The molecule has 2 rings (SSSR count). The van der Waals surface area contributed by atoms with Crippen molar-refractivity contribution < 1.29 is 19.4 Å². The highest BCUT2D eigenvalue weighted by Gasteiger charge is 2.14. The largest absolute Gasteiger partial charge is 0.503 e. The minimum atomic E-state index is -0.889. The summed E-state index contributed by atoms with van der Waals surface area (Å²) in [6.45, 7) is 4.14. The smallest absolute Gasteiger partial charge is 0.329 e. The lowest BCUT2D eigenvalue weighted by molar-refractivity contribution is -0.136. The number of rotatable bonds is 6. The van der Waals surface area contributed by atoms with Gasteiger partial charge < -0.3 is 15.2 Å². The van der Waals surface area contributed by atoms with Crippen LogP contribution in [0.4, 0.5) is 5.69 Å².